The van der Waals surface area contributed by atoms with Crippen molar-refractivity contribution in [3.8, 4) is 0 Å². The van der Waals surface area contributed by atoms with Crippen molar-refractivity contribution in [1.29, 1.82) is 0 Å². The maximum Gasteiger partial charge on any atom is 0.326 e. The van der Waals surface area contributed by atoms with Crippen molar-refractivity contribution in [3.05, 3.63) is 62.0 Å². The Labute approximate surface area is 166 Å². The third kappa shape index (κ3) is 3.75. The fraction of sp³-hybridized carbons (Fsp3) is 0.333. The predicted molar refractivity (Wildman–Crippen MR) is 109 cm³/mol. The van der Waals surface area contributed by atoms with E-state index < -0.39 is 12.1 Å². The number of fused-ring (bicyclic) bond motifs is 1. The molecule has 3 rings (SSSR count). The van der Waals surface area contributed by atoms with Gasteiger partial charge < -0.3 is 4.74 Å². The molecule has 0 aliphatic rings. The zero-order valence-electron chi connectivity index (χ0n) is 16.5. The van der Waals surface area contributed by atoms with Crippen molar-refractivity contribution in [2.75, 3.05) is 0 Å². The van der Waals surface area contributed by atoms with Gasteiger partial charge >= 0.3 is 5.97 Å². The fourth-order valence-electron chi connectivity index (χ4n) is 2.94. The van der Waals surface area contributed by atoms with Crippen molar-refractivity contribution in [3.63, 3.8) is 0 Å². The second-order valence-corrected chi connectivity index (χ2v) is 8.14. The zero-order chi connectivity index (χ0) is 20.6. The lowest BCUT2D eigenvalue weighted by Gasteiger charge is -2.14. The lowest BCUT2D eigenvalue weighted by molar-refractivity contribution is -0.147. The number of rotatable bonds is 5. The Hall–Kier alpha value is -2.80. The Balaban J connectivity index is 1.75. The molecule has 0 N–H and O–H groups in total. The minimum atomic E-state index is -0.938. The molecular weight excluding hydrogens is 376 g/mol. The Morgan fingerprint density at radius 3 is 2.57 bits per heavy atom. The summed E-state index contributed by atoms with van der Waals surface area (Å²) < 4.78 is 6.49. The van der Waals surface area contributed by atoms with Gasteiger partial charge in [0.15, 0.2) is 6.10 Å². The molecule has 0 amide bonds. The fourth-order valence-corrected chi connectivity index (χ4v) is 3.93. The van der Waals surface area contributed by atoms with E-state index in [9.17, 15) is 14.4 Å². The van der Waals surface area contributed by atoms with Gasteiger partial charge in [0.1, 0.15) is 11.4 Å². The minimum Gasteiger partial charge on any atom is -0.453 e. The zero-order valence-corrected chi connectivity index (χ0v) is 17.3. The molecule has 2 aromatic heterocycles. The molecule has 6 nitrogen and oxygen atoms in total. The van der Waals surface area contributed by atoms with Crippen LogP contribution < -0.4 is 5.56 Å². The van der Waals surface area contributed by atoms with Crippen LogP contribution >= 0.6 is 11.3 Å². The van der Waals surface area contributed by atoms with Gasteiger partial charge in [-0.1, -0.05) is 12.1 Å². The maximum absolute atomic E-state index is 12.7. The lowest BCUT2D eigenvalue weighted by atomic mass is 10.0. The summed E-state index contributed by atoms with van der Waals surface area (Å²) >= 11 is 1.45. The first-order chi connectivity index (χ1) is 13.2. The van der Waals surface area contributed by atoms with Gasteiger partial charge in [0.05, 0.1) is 11.7 Å². The van der Waals surface area contributed by atoms with Gasteiger partial charge in [-0.05, 0) is 57.4 Å². The number of aryl methyl sites for hydroxylation is 4. The summed E-state index contributed by atoms with van der Waals surface area (Å²) in [5, 5.41) is 0.525. The second-order valence-electron chi connectivity index (χ2n) is 6.94. The summed E-state index contributed by atoms with van der Waals surface area (Å²) in [6.07, 6.45) is 0.407. The van der Waals surface area contributed by atoms with E-state index in [2.05, 4.69) is 4.98 Å². The monoisotopic (exact) mass is 398 g/mol. The summed E-state index contributed by atoms with van der Waals surface area (Å²) in [4.78, 5) is 43.4. The standard InChI is InChI=1S/C21H22N2O4S/c1-11-6-7-16(8-12(11)2)19(25)14(4)27-17(24)9-23-10-22-20-18(21(23)26)13(3)15(5)28-20/h6-8,10,14H,9H2,1-5H3/t14-/m1/s1. The van der Waals surface area contributed by atoms with Gasteiger partial charge in [-0.25, -0.2) is 4.98 Å². The third-order valence-corrected chi connectivity index (χ3v) is 6.04. The normalized spacial score (nSPS) is 12.2. The van der Waals surface area contributed by atoms with E-state index in [1.807, 2.05) is 33.8 Å². The van der Waals surface area contributed by atoms with Crippen LogP contribution in [-0.4, -0.2) is 27.4 Å². The maximum atomic E-state index is 12.7. The molecule has 7 heteroatoms. The van der Waals surface area contributed by atoms with E-state index in [0.29, 0.717) is 15.8 Å². The summed E-state index contributed by atoms with van der Waals surface area (Å²) in [6, 6.07) is 5.37. The van der Waals surface area contributed by atoms with Crippen molar-refractivity contribution in [1.82, 2.24) is 9.55 Å². The van der Waals surface area contributed by atoms with E-state index in [1.165, 1.54) is 29.2 Å². The van der Waals surface area contributed by atoms with Crippen molar-refractivity contribution in [2.45, 2.75) is 47.3 Å². The molecule has 1 atom stereocenters. The highest BCUT2D eigenvalue weighted by atomic mass is 32.1. The largest absolute Gasteiger partial charge is 0.453 e. The summed E-state index contributed by atoms with van der Waals surface area (Å²) in [5.74, 6) is -0.931. The number of nitrogens with zero attached hydrogens (tertiary/aromatic N) is 2. The van der Waals surface area contributed by atoms with Gasteiger partial charge in [0.2, 0.25) is 5.78 Å². The first-order valence-corrected chi connectivity index (χ1v) is 9.76. The summed E-state index contributed by atoms with van der Waals surface area (Å²) in [6.45, 7) is 8.93. The minimum absolute atomic E-state index is 0.276. The Morgan fingerprint density at radius 2 is 1.89 bits per heavy atom. The van der Waals surface area contributed by atoms with Crippen LogP contribution in [0.5, 0.6) is 0 Å². The molecule has 0 radical (unpaired) electrons. The van der Waals surface area contributed by atoms with Gasteiger partial charge in [-0.2, -0.15) is 0 Å². The van der Waals surface area contributed by atoms with E-state index >= 15 is 0 Å². The molecule has 2 heterocycles. The van der Waals surface area contributed by atoms with Crippen LogP contribution in [0.1, 0.15) is 38.8 Å². The molecule has 0 saturated heterocycles. The van der Waals surface area contributed by atoms with Crippen molar-refractivity contribution < 1.29 is 14.3 Å². The average molecular weight is 398 g/mol. The molecule has 0 spiro atoms. The number of benzene rings is 1. The molecule has 28 heavy (non-hydrogen) atoms. The summed E-state index contributed by atoms with van der Waals surface area (Å²) in [5.41, 5.74) is 3.17. The molecule has 1 aromatic carbocycles. The van der Waals surface area contributed by atoms with Crippen LogP contribution in [-0.2, 0) is 16.1 Å². The Morgan fingerprint density at radius 1 is 1.18 bits per heavy atom. The number of hydrogen-bond acceptors (Lipinski definition) is 6. The molecule has 0 unspecified atom stereocenters. The van der Waals surface area contributed by atoms with E-state index in [1.54, 1.807) is 12.1 Å². The first-order valence-electron chi connectivity index (χ1n) is 8.95. The number of aromatic nitrogens is 2. The highest BCUT2D eigenvalue weighted by molar-refractivity contribution is 7.18. The topological polar surface area (TPSA) is 78.3 Å². The highest BCUT2D eigenvalue weighted by Gasteiger charge is 2.21. The van der Waals surface area contributed by atoms with E-state index in [-0.39, 0.29) is 17.9 Å². The van der Waals surface area contributed by atoms with Crippen LogP contribution in [0.25, 0.3) is 10.2 Å². The second kappa shape index (κ2) is 7.67. The van der Waals surface area contributed by atoms with Gasteiger partial charge in [0, 0.05) is 10.4 Å². The van der Waals surface area contributed by atoms with Crippen LogP contribution in [0.3, 0.4) is 0 Å². The molecule has 0 fully saturated rings. The number of ether oxygens (including phenoxy) is 1. The van der Waals surface area contributed by atoms with Gasteiger partial charge in [0.25, 0.3) is 5.56 Å². The molecule has 146 valence electrons. The number of Topliss-reactive ketones (excluding diaryl/α,β-unsaturated/α-hetero) is 1. The van der Waals surface area contributed by atoms with E-state index in [0.717, 1.165) is 21.6 Å². The van der Waals surface area contributed by atoms with Crippen molar-refractivity contribution >= 4 is 33.3 Å². The SMILES string of the molecule is Cc1ccc(C(=O)[C@@H](C)OC(=O)Cn2cnc3sc(C)c(C)c3c2=O)cc1C. The van der Waals surface area contributed by atoms with Crippen LogP contribution in [0.15, 0.2) is 29.3 Å². The predicted octanol–water partition coefficient (Wildman–Crippen LogP) is 3.51. The number of carbonyl (C=O) groups is 2. The smallest absolute Gasteiger partial charge is 0.326 e. The van der Waals surface area contributed by atoms with Crippen molar-refractivity contribution in [2.24, 2.45) is 0 Å². The van der Waals surface area contributed by atoms with Crippen LogP contribution in [0, 0.1) is 27.7 Å². The number of esters is 1. The molecule has 3 aromatic rings. The highest BCUT2D eigenvalue weighted by Crippen LogP contribution is 2.25. The molecule has 0 bridgehead atoms. The molecule has 0 aliphatic carbocycles. The van der Waals surface area contributed by atoms with Crippen LogP contribution in [0.2, 0.25) is 0 Å². The number of thiophene rings is 1. The molecule has 0 saturated carbocycles. The lowest BCUT2D eigenvalue weighted by Crippen LogP contribution is -2.30. The van der Waals surface area contributed by atoms with Gasteiger partial charge in [-0.15, -0.1) is 11.3 Å². The van der Waals surface area contributed by atoms with Gasteiger partial charge in [-0.3, -0.25) is 19.0 Å². The number of carbonyl (C=O) groups excluding carboxylic acids is 2. The molecular formula is C21H22N2O4S. The third-order valence-electron chi connectivity index (χ3n) is 4.92. The first kappa shape index (κ1) is 19.9. The number of hydrogen-bond donors (Lipinski definition) is 0. The number of ketones is 1. The van der Waals surface area contributed by atoms with Crippen LogP contribution in [0.4, 0.5) is 0 Å². The Bertz CT molecular complexity index is 1140. The molecule has 0 aliphatic heterocycles. The quantitative estimate of drug-likeness (QED) is 0.485. The average Bonchev–Trinajstić information content (AvgIpc) is 2.94. The van der Waals surface area contributed by atoms with E-state index in [4.69, 9.17) is 4.74 Å². The summed E-state index contributed by atoms with van der Waals surface area (Å²) in [7, 11) is 0. The Kier molecular flexibility index (Phi) is 5.47.